The number of aromatic nitrogens is 2. The Morgan fingerprint density at radius 3 is 2.32 bits per heavy atom. The van der Waals surface area contributed by atoms with Gasteiger partial charge in [-0.25, -0.2) is 9.07 Å². The highest BCUT2D eigenvalue weighted by molar-refractivity contribution is 5.47. The molecule has 19 heavy (non-hydrogen) atoms. The molecule has 102 valence electrons. The van der Waals surface area contributed by atoms with E-state index in [0.29, 0.717) is 5.56 Å². The van der Waals surface area contributed by atoms with E-state index < -0.39 is 0 Å². The van der Waals surface area contributed by atoms with Crippen molar-refractivity contribution in [2.24, 2.45) is 5.73 Å². The third-order valence-electron chi connectivity index (χ3n) is 3.68. The van der Waals surface area contributed by atoms with Gasteiger partial charge in [0.05, 0.1) is 11.4 Å². The molecule has 3 nitrogen and oxygen atoms in total. The van der Waals surface area contributed by atoms with Gasteiger partial charge >= 0.3 is 0 Å². The van der Waals surface area contributed by atoms with Gasteiger partial charge in [-0.3, -0.25) is 0 Å². The van der Waals surface area contributed by atoms with Crippen LogP contribution in [-0.4, -0.2) is 9.78 Å². The lowest BCUT2D eigenvalue weighted by Gasteiger charge is -2.15. The molecular weight excluding hydrogens is 241 g/mol. The molecule has 0 amide bonds. The quantitative estimate of drug-likeness (QED) is 0.901. The molecule has 1 aromatic heterocycles. The van der Waals surface area contributed by atoms with E-state index in [0.717, 1.165) is 28.2 Å². The van der Waals surface area contributed by atoms with E-state index in [1.807, 2.05) is 38.4 Å². The number of nitrogens with zero attached hydrogens (tertiary/aromatic N) is 2. The molecule has 0 saturated carbocycles. The second kappa shape index (κ2) is 4.78. The molecule has 2 rings (SSSR count). The van der Waals surface area contributed by atoms with Gasteiger partial charge in [0.25, 0.3) is 0 Å². The van der Waals surface area contributed by atoms with Gasteiger partial charge in [0, 0.05) is 11.7 Å². The van der Waals surface area contributed by atoms with E-state index in [1.165, 1.54) is 6.07 Å². The van der Waals surface area contributed by atoms with E-state index in [2.05, 4.69) is 5.10 Å². The molecule has 2 aromatic rings. The van der Waals surface area contributed by atoms with Crippen LogP contribution >= 0.6 is 0 Å². The maximum atomic E-state index is 13.7. The fraction of sp³-hybridized carbons (Fsp3) is 0.400. The van der Waals surface area contributed by atoms with Gasteiger partial charge in [-0.1, -0.05) is 0 Å². The van der Waals surface area contributed by atoms with Crippen molar-refractivity contribution < 1.29 is 4.39 Å². The summed E-state index contributed by atoms with van der Waals surface area (Å²) in [7, 11) is 0. The van der Waals surface area contributed by atoms with Crippen molar-refractivity contribution in [1.82, 2.24) is 9.78 Å². The normalized spacial score (nSPS) is 12.8. The second-order valence-corrected chi connectivity index (χ2v) is 5.16. The van der Waals surface area contributed by atoms with Crippen molar-refractivity contribution in [1.29, 1.82) is 0 Å². The fourth-order valence-corrected chi connectivity index (χ4v) is 2.18. The molecule has 0 radical (unpaired) electrons. The molecule has 0 unspecified atom stereocenters. The lowest BCUT2D eigenvalue weighted by Crippen LogP contribution is -2.12. The minimum Gasteiger partial charge on any atom is -0.324 e. The Bertz CT molecular complexity index is 627. The molecule has 4 heteroatoms. The molecule has 1 heterocycles. The molecular formula is C15H20FN3. The number of benzene rings is 1. The average Bonchev–Trinajstić information content (AvgIpc) is 2.59. The molecule has 0 aliphatic carbocycles. The Morgan fingerprint density at radius 2 is 1.84 bits per heavy atom. The highest BCUT2D eigenvalue weighted by Crippen LogP contribution is 2.26. The van der Waals surface area contributed by atoms with Crippen LogP contribution in [0.15, 0.2) is 12.1 Å². The van der Waals surface area contributed by atoms with Crippen LogP contribution in [-0.2, 0) is 0 Å². The lowest BCUT2D eigenvalue weighted by molar-refractivity contribution is 0.610. The SMILES string of the molecule is Cc1cc(-n2nc(C)c(C)c2C)c([C@H](C)N)cc1F. The first-order chi connectivity index (χ1) is 8.82. The number of hydrogen-bond donors (Lipinski definition) is 1. The molecule has 0 bridgehead atoms. The summed E-state index contributed by atoms with van der Waals surface area (Å²) in [6.45, 7) is 9.63. The Morgan fingerprint density at radius 1 is 1.21 bits per heavy atom. The molecule has 0 spiro atoms. The van der Waals surface area contributed by atoms with Gasteiger partial charge < -0.3 is 5.73 Å². The summed E-state index contributed by atoms with van der Waals surface area (Å²) in [5.41, 5.74) is 11.4. The number of aryl methyl sites for hydroxylation is 2. The molecule has 0 fully saturated rings. The van der Waals surface area contributed by atoms with Crippen LogP contribution in [0.25, 0.3) is 5.69 Å². The van der Waals surface area contributed by atoms with Crippen LogP contribution in [0.4, 0.5) is 4.39 Å². The van der Waals surface area contributed by atoms with Gasteiger partial charge in [-0.05, 0) is 63.4 Å². The predicted molar refractivity (Wildman–Crippen MR) is 75.1 cm³/mol. The maximum absolute atomic E-state index is 13.7. The number of halogens is 1. The summed E-state index contributed by atoms with van der Waals surface area (Å²) >= 11 is 0. The molecule has 1 atom stereocenters. The highest BCUT2D eigenvalue weighted by Gasteiger charge is 2.16. The smallest absolute Gasteiger partial charge is 0.126 e. The van der Waals surface area contributed by atoms with Gasteiger partial charge in [0.2, 0.25) is 0 Å². The zero-order valence-electron chi connectivity index (χ0n) is 12.1. The number of rotatable bonds is 2. The highest BCUT2D eigenvalue weighted by atomic mass is 19.1. The van der Waals surface area contributed by atoms with Crippen molar-refractivity contribution in [2.75, 3.05) is 0 Å². The third kappa shape index (κ3) is 2.28. The minimum absolute atomic E-state index is 0.227. The van der Waals surface area contributed by atoms with Crippen molar-refractivity contribution in [3.8, 4) is 5.69 Å². The first-order valence-electron chi connectivity index (χ1n) is 6.41. The lowest BCUT2D eigenvalue weighted by atomic mass is 10.0. The molecule has 0 saturated heterocycles. The first-order valence-corrected chi connectivity index (χ1v) is 6.41. The van der Waals surface area contributed by atoms with Gasteiger partial charge in [0.1, 0.15) is 5.82 Å². The number of hydrogen-bond acceptors (Lipinski definition) is 2. The standard InChI is InChI=1S/C15H20FN3/c1-8-6-15(13(10(3)17)7-14(8)16)19-12(5)9(2)11(4)18-19/h6-7,10H,17H2,1-5H3/t10-/m0/s1. The van der Waals surface area contributed by atoms with Crippen LogP contribution < -0.4 is 5.73 Å². The molecule has 1 aromatic carbocycles. The Kier molecular flexibility index (Phi) is 3.45. The average molecular weight is 261 g/mol. The monoisotopic (exact) mass is 261 g/mol. The molecule has 0 aliphatic rings. The summed E-state index contributed by atoms with van der Waals surface area (Å²) in [5.74, 6) is -0.227. The van der Waals surface area contributed by atoms with E-state index in [4.69, 9.17) is 5.73 Å². The van der Waals surface area contributed by atoms with Crippen molar-refractivity contribution in [3.05, 3.63) is 46.0 Å². The summed E-state index contributed by atoms with van der Waals surface area (Å²) < 4.78 is 15.6. The number of nitrogens with two attached hydrogens (primary N) is 1. The van der Waals surface area contributed by atoms with Crippen molar-refractivity contribution in [2.45, 2.75) is 40.7 Å². The zero-order chi connectivity index (χ0) is 14.3. The minimum atomic E-state index is -0.241. The van der Waals surface area contributed by atoms with Gasteiger partial charge in [-0.15, -0.1) is 0 Å². The van der Waals surface area contributed by atoms with E-state index >= 15 is 0 Å². The third-order valence-corrected chi connectivity index (χ3v) is 3.68. The predicted octanol–water partition coefficient (Wildman–Crippen LogP) is 3.26. The van der Waals surface area contributed by atoms with Crippen LogP contribution in [0.5, 0.6) is 0 Å². The van der Waals surface area contributed by atoms with Crippen LogP contribution in [0, 0.1) is 33.5 Å². The van der Waals surface area contributed by atoms with E-state index in [-0.39, 0.29) is 11.9 Å². The Balaban J connectivity index is 2.73. The largest absolute Gasteiger partial charge is 0.324 e. The first kappa shape index (κ1) is 13.7. The van der Waals surface area contributed by atoms with Crippen LogP contribution in [0.1, 0.15) is 41.0 Å². The van der Waals surface area contributed by atoms with E-state index in [9.17, 15) is 4.39 Å². The topological polar surface area (TPSA) is 43.8 Å². The van der Waals surface area contributed by atoms with Crippen LogP contribution in [0.3, 0.4) is 0 Å². The Labute approximate surface area is 113 Å². The van der Waals surface area contributed by atoms with Gasteiger partial charge in [-0.2, -0.15) is 5.10 Å². The summed E-state index contributed by atoms with van der Waals surface area (Å²) in [5, 5.41) is 4.53. The Hall–Kier alpha value is -1.68. The van der Waals surface area contributed by atoms with E-state index in [1.54, 1.807) is 6.92 Å². The summed E-state index contributed by atoms with van der Waals surface area (Å²) in [4.78, 5) is 0. The maximum Gasteiger partial charge on any atom is 0.126 e. The summed E-state index contributed by atoms with van der Waals surface area (Å²) in [6, 6.07) is 3.09. The van der Waals surface area contributed by atoms with Crippen LogP contribution in [0.2, 0.25) is 0 Å². The van der Waals surface area contributed by atoms with Gasteiger partial charge in [0.15, 0.2) is 0 Å². The zero-order valence-corrected chi connectivity index (χ0v) is 12.1. The summed E-state index contributed by atoms with van der Waals surface area (Å²) in [6.07, 6.45) is 0. The fourth-order valence-electron chi connectivity index (χ4n) is 2.18. The second-order valence-electron chi connectivity index (χ2n) is 5.16. The van der Waals surface area contributed by atoms with Crippen molar-refractivity contribution >= 4 is 0 Å². The molecule has 0 aliphatic heterocycles. The molecule has 2 N–H and O–H groups in total. The van der Waals surface area contributed by atoms with Crippen molar-refractivity contribution in [3.63, 3.8) is 0 Å².